The first kappa shape index (κ1) is 29.0. The average molecular weight is 563 g/mol. The predicted molar refractivity (Wildman–Crippen MR) is 150 cm³/mol. The zero-order valence-electron chi connectivity index (χ0n) is 23.8. The van der Waals surface area contributed by atoms with Gasteiger partial charge in [-0.2, -0.15) is 0 Å². The maximum atomic E-state index is 14.1. The van der Waals surface area contributed by atoms with Crippen LogP contribution in [0, 0.1) is 0 Å². The summed E-state index contributed by atoms with van der Waals surface area (Å²) in [5, 5.41) is 0. The Hall–Kier alpha value is -4.99. The summed E-state index contributed by atoms with van der Waals surface area (Å²) in [5.41, 5.74) is 2.16. The van der Waals surface area contributed by atoms with E-state index in [1.54, 1.807) is 30.3 Å². The van der Waals surface area contributed by atoms with E-state index < -0.39 is 5.92 Å². The van der Waals surface area contributed by atoms with Crippen LogP contribution < -0.4 is 33.2 Å². The molecule has 0 radical (unpaired) electrons. The summed E-state index contributed by atoms with van der Waals surface area (Å²) >= 11 is 0. The van der Waals surface area contributed by atoms with Crippen LogP contribution in [0.25, 0.3) is 6.08 Å². The number of carbonyl (C=O) groups is 3. The maximum absolute atomic E-state index is 14.1. The second-order valence-corrected chi connectivity index (χ2v) is 8.88. The van der Waals surface area contributed by atoms with E-state index in [1.165, 1.54) is 55.8 Å². The molecule has 0 aromatic heterocycles. The molecule has 0 amide bonds. The number of Topliss-reactive ketones (excluding diaryl/α,β-unsaturated/α-hetero) is 1. The van der Waals surface area contributed by atoms with Crippen molar-refractivity contribution in [2.45, 2.75) is 5.92 Å². The summed E-state index contributed by atoms with van der Waals surface area (Å²) < 4.78 is 38.8. The predicted octanol–water partition coefficient (Wildman–Crippen LogP) is 4.78. The van der Waals surface area contributed by atoms with Gasteiger partial charge < -0.3 is 33.2 Å². The number of methoxy groups -OCH3 is 7. The van der Waals surface area contributed by atoms with E-state index in [9.17, 15) is 14.4 Å². The number of ketones is 1. The van der Waals surface area contributed by atoms with Crippen molar-refractivity contribution >= 4 is 24.4 Å². The van der Waals surface area contributed by atoms with E-state index in [1.807, 2.05) is 0 Å². The molecule has 0 heterocycles. The minimum Gasteiger partial charge on any atom is -0.496 e. The number of hydrogen-bond donors (Lipinski definition) is 0. The molecule has 1 aliphatic rings. The SMILES string of the molecule is COc1cc(OC)c(OC)cc1/C=C1\C(=O)c2cc(C=O)c(C=O)c(OC)c2C1c1cc(OC)c(OC)c(OC)c1. The zero-order chi connectivity index (χ0) is 29.8. The van der Waals surface area contributed by atoms with Gasteiger partial charge in [0.15, 0.2) is 41.4 Å². The van der Waals surface area contributed by atoms with Crippen LogP contribution in [0.3, 0.4) is 0 Å². The topological polar surface area (TPSA) is 116 Å². The molecule has 0 saturated carbocycles. The van der Waals surface area contributed by atoms with E-state index in [-0.39, 0.29) is 28.2 Å². The van der Waals surface area contributed by atoms with Crippen molar-refractivity contribution in [1.29, 1.82) is 0 Å². The Bertz CT molecular complexity index is 1530. The third kappa shape index (κ3) is 4.82. The van der Waals surface area contributed by atoms with Crippen LogP contribution in [0.4, 0.5) is 0 Å². The summed E-state index contributed by atoms with van der Waals surface area (Å²) in [7, 11) is 10.4. The fraction of sp³-hybridized carbons (Fsp3) is 0.258. The summed E-state index contributed by atoms with van der Waals surface area (Å²) in [4.78, 5) is 38.1. The highest BCUT2D eigenvalue weighted by atomic mass is 16.5. The molecule has 3 aromatic rings. The van der Waals surface area contributed by atoms with Crippen molar-refractivity contribution in [2.75, 3.05) is 49.8 Å². The molecular formula is C31H30O10. The molecule has 1 aliphatic carbocycles. The number of ether oxygens (including phenoxy) is 7. The first-order valence-corrected chi connectivity index (χ1v) is 12.4. The molecule has 10 nitrogen and oxygen atoms in total. The number of hydrogen-bond acceptors (Lipinski definition) is 10. The van der Waals surface area contributed by atoms with Crippen LogP contribution in [0.2, 0.25) is 0 Å². The number of carbonyl (C=O) groups excluding carboxylic acids is 3. The van der Waals surface area contributed by atoms with Crippen LogP contribution >= 0.6 is 0 Å². The number of rotatable bonds is 11. The maximum Gasteiger partial charge on any atom is 0.203 e. The van der Waals surface area contributed by atoms with Crippen molar-refractivity contribution in [3.63, 3.8) is 0 Å². The monoisotopic (exact) mass is 562 g/mol. The Morgan fingerprint density at radius 3 is 1.63 bits per heavy atom. The molecule has 1 unspecified atom stereocenters. The first-order chi connectivity index (χ1) is 19.8. The highest BCUT2D eigenvalue weighted by Crippen LogP contribution is 2.52. The second-order valence-electron chi connectivity index (χ2n) is 8.88. The van der Waals surface area contributed by atoms with Crippen LogP contribution in [-0.2, 0) is 0 Å². The quantitative estimate of drug-likeness (QED) is 0.239. The fourth-order valence-corrected chi connectivity index (χ4v) is 5.16. The second kappa shape index (κ2) is 12.0. The van der Waals surface area contributed by atoms with Crippen LogP contribution in [0.1, 0.15) is 53.7 Å². The van der Waals surface area contributed by atoms with E-state index in [0.717, 1.165) is 0 Å². The van der Waals surface area contributed by atoms with Gasteiger partial charge in [-0.25, -0.2) is 0 Å². The van der Waals surface area contributed by atoms with Crippen LogP contribution in [0.15, 0.2) is 35.9 Å². The normalized spacial score (nSPS) is 14.8. The lowest BCUT2D eigenvalue weighted by atomic mass is 9.86. The smallest absolute Gasteiger partial charge is 0.203 e. The third-order valence-corrected chi connectivity index (χ3v) is 7.01. The molecule has 1 atom stereocenters. The van der Waals surface area contributed by atoms with E-state index in [2.05, 4.69) is 0 Å². The van der Waals surface area contributed by atoms with Gasteiger partial charge in [0.2, 0.25) is 5.75 Å². The van der Waals surface area contributed by atoms with Crippen molar-refractivity contribution in [1.82, 2.24) is 0 Å². The third-order valence-electron chi connectivity index (χ3n) is 7.01. The minimum atomic E-state index is -0.765. The van der Waals surface area contributed by atoms with Crippen LogP contribution in [-0.4, -0.2) is 68.1 Å². The van der Waals surface area contributed by atoms with Crippen molar-refractivity contribution < 1.29 is 47.5 Å². The fourth-order valence-electron chi connectivity index (χ4n) is 5.16. The molecule has 0 bridgehead atoms. The van der Waals surface area contributed by atoms with Gasteiger partial charge in [-0.3, -0.25) is 14.4 Å². The van der Waals surface area contributed by atoms with Gasteiger partial charge in [0, 0.05) is 39.8 Å². The Labute approximate surface area is 237 Å². The largest absolute Gasteiger partial charge is 0.496 e. The molecule has 0 N–H and O–H groups in total. The average Bonchev–Trinajstić information content (AvgIpc) is 3.28. The Morgan fingerprint density at radius 1 is 0.585 bits per heavy atom. The lowest BCUT2D eigenvalue weighted by molar-refractivity contribution is 0.103. The lowest BCUT2D eigenvalue weighted by Crippen LogP contribution is -2.07. The molecule has 4 rings (SSSR count). The van der Waals surface area contributed by atoms with Gasteiger partial charge in [0.1, 0.15) is 11.5 Å². The van der Waals surface area contributed by atoms with Gasteiger partial charge >= 0.3 is 0 Å². The lowest BCUT2D eigenvalue weighted by Gasteiger charge is -2.21. The molecule has 0 saturated heterocycles. The Balaban J connectivity index is 2.12. The molecule has 41 heavy (non-hydrogen) atoms. The number of benzene rings is 3. The number of allylic oxidation sites excluding steroid dienone is 1. The summed E-state index contributed by atoms with van der Waals surface area (Å²) in [6.07, 6.45) is 2.74. The van der Waals surface area contributed by atoms with E-state index >= 15 is 0 Å². The minimum absolute atomic E-state index is 0.0384. The van der Waals surface area contributed by atoms with Crippen molar-refractivity contribution in [3.8, 4) is 40.2 Å². The van der Waals surface area contributed by atoms with Gasteiger partial charge in [-0.1, -0.05) is 0 Å². The zero-order valence-corrected chi connectivity index (χ0v) is 23.8. The number of aldehydes is 2. The van der Waals surface area contributed by atoms with Crippen LogP contribution in [0.5, 0.6) is 40.2 Å². The molecule has 0 spiro atoms. The van der Waals surface area contributed by atoms with E-state index in [0.29, 0.717) is 69.3 Å². The summed E-state index contributed by atoms with van der Waals surface area (Å²) in [6.45, 7) is 0. The highest BCUT2D eigenvalue weighted by Gasteiger charge is 2.41. The molecule has 3 aromatic carbocycles. The van der Waals surface area contributed by atoms with Crippen molar-refractivity contribution in [2.24, 2.45) is 0 Å². The van der Waals surface area contributed by atoms with Gasteiger partial charge in [-0.15, -0.1) is 0 Å². The molecular weight excluding hydrogens is 532 g/mol. The van der Waals surface area contributed by atoms with Gasteiger partial charge in [0.25, 0.3) is 0 Å². The standard InChI is InChI=1S/C31H30O10/c1-35-22-13-24(37-3)23(36-2)10-16(22)8-19-27(17-11-25(38-4)31(41-7)26(12-17)39-5)28-20(29(19)34)9-18(14-32)21(15-33)30(28)40-6/h8-15,27H,1-7H3/b19-8-. The Morgan fingerprint density at radius 2 is 1.15 bits per heavy atom. The van der Waals surface area contributed by atoms with Crippen molar-refractivity contribution in [3.05, 3.63) is 69.3 Å². The van der Waals surface area contributed by atoms with E-state index in [4.69, 9.17) is 33.2 Å². The summed E-state index contributed by atoms with van der Waals surface area (Å²) in [6, 6.07) is 8.21. The Kier molecular flexibility index (Phi) is 8.51. The molecule has 0 fully saturated rings. The number of fused-ring (bicyclic) bond motifs is 1. The highest BCUT2D eigenvalue weighted by molar-refractivity contribution is 6.19. The molecule has 10 heteroatoms. The van der Waals surface area contributed by atoms with Gasteiger partial charge in [-0.05, 0) is 35.9 Å². The van der Waals surface area contributed by atoms with Gasteiger partial charge in [0.05, 0.1) is 55.3 Å². The molecule has 0 aliphatic heterocycles. The first-order valence-electron chi connectivity index (χ1n) is 12.4. The molecule has 214 valence electrons. The summed E-state index contributed by atoms with van der Waals surface area (Å²) in [5.74, 6) is 1.39.